The second-order valence-corrected chi connectivity index (χ2v) is 6.71. The summed E-state index contributed by atoms with van der Waals surface area (Å²) in [5.41, 5.74) is 1.75. The molecular formula is C17H11Cl2NO2S. The van der Waals surface area contributed by atoms with Crippen molar-refractivity contribution in [3.63, 3.8) is 0 Å². The number of halogens is 2. The van der Waals surface area contributed by atoms with E-state index in [1.807, 2.05) is 18.2 Å². The molecule has 0 spiro atoms. The topological polar surface area (TPSA) is 39.2 Å². The number of benzene rings is 1. The van der Waals surface area contributed by atoms with Crippen molar-refractivity contribution < 1.29 is 9.53 Å². The van der Waals surface area contributed by atoms with Crippen LogP contribution in [0.4, 0.5) is 0 Å². The van der Waals surface area contributed by atoms with Crippen LogP contribution in [0, 0.1) is 0 Å². The molecule has 0 amide bonds. The molecule has 0 fully saturated rings. The predicted molar refractivity (Wildman–Crippen MR) is 93.7 cm³/mol. The fourth-order valence-corrected chi connectivity index (χ4v) is 3.27. The van der Waals surface area contributed by atoms with E-state index >= 15 is 0 Å². The molecule has 6 heteroatoms. The van der Waals surface area contributed by atoms with Crippen molar-refractivity contribution in [2.75, 3.05) is 0 Å². The van der Waals surface area contributed by atoms with Crippen LogP contribution in [0.5, 0.6) is 5.75 Å². The Hall–Kier alpha value is -1.88. The Kier molecular flexibility index (Phi) is 4.96. The van der Waals surface area contributed by atoms with Gasteiger partial charge in [-0.2, -0.15) is 0 Å². The monoisotopic (exact) mass is 363 g/mol. The molecule has 0 saturated carbocycles. The maximum Gasteiger partial charge on any atom is 0.160 e. The van der Waals surface area contributed by atoms with Gasteiger partial charge in [0.25, 0.3) is 0 Å². The van der Waals surface area contributed by atoms with Gasteiger partial charge in [0.05, 0.1) is 11.1 Å². The Bertz CT molecular complexity index is 848. The summed E-state index contributed by atoms with van der Waals surface area (Å²) in [6.07, 6.45) is 4.22. The molecule has 0 aliphatic carbocycles. The number of hydrogen-bond acceptors (Lipinski definition) is 4. The van der Waals surface area contributed by atoms with Gasteiger partial charge >= 0.3 is 0 Å². The van der Waals surface area contributed by atoms with Crippen LogP contribution in [0.2, 0.25) is 10.0 Å². The van der Waals surface area contributed by atoms with Crippen LogP contribution in [-0.4, -0.2) is 11.3 Å². The molecule has 0 radical (unpaired) electrons. The number of carbonyl (C=O) groups is 1. The van der Waals surface area contributed by atoms with E-state index in [1.165, 1.54) is 11.3 Å². The lowest BCUT2D eigenvalue weighted by atomic mass is 10.2. The summed E-state index contributed by atoms with van der Waals surface area (Å²) in [7, 11) is 0. The molecule has 2 heterocycles. The smallest absolute Gasteiger partial charge is 0.160 e. The Labute approximate surface area is 147 Å². The van der Waals surface area contributed by atoms with Gasteiger partial charge in [-0.05, 0) is 30.3 Å². The standard InChI is InChI=1S/C17H11Cl2NO2S/c18-13-2-1-11(16(19)6-13)10-22-14-5-12(7-20-8-14)17-4-3-15(9-21)23-17/h1-9H,10H2. The summed E-state index contributed by atoms with van der Waals surface area (Å²) in [5.74, 6) is 0.634. The lowest BCUT2D eigenvalue weighted by Crippen LogP contribution is -1.97. The third-order valence-electron chi connectivity index (χ3n) is 3.15. The highest BCUT2D eigenvalue weighted by Crippen LogP contribution is 2.29. The van der Waals surface area contributed by atoms with Gasteiger partial charge in [-0.25, -0.2) is 0 Å². The molecule has 0 aliphatic heterocycles. The SMILES string of the molecule is O=Cc1ccc(-c2cncc(OCc3ccc(Cl)cc3Cl)c2)s1. The van der Waals surface area contributed by atoms with Crippen LogP contribution in [-0.2, 0) is 6.61 Å². The van der Waals surface area contributed by atoms with E-state index in [9.17, 15) is 4.79 Å². The molecule has 0 bridgehead atoms. The van der Waals surface area contributed by atoms with E-state index in [-0.39, 0.29) is 0 Å². The molecule has 2 aromatic heterocycles. The second kappa shape index (κ2) is 7.13. The highest BCUT2D eigenvalue weighted by atomic mass is 35.5. The molecule has 0 saturated heterocycles. The van der Waals surface area contributed by atoms with Crippen LogP contribution in [0.15, 0.2) is 48.8 Å². The molecule has 23 heavy (non-hydrogen) atoms. The molecule has 0 N–H and O–H groups in total. The molecular weight excluding hydrogens is 353 g/mol. The Morgan fingerprint density at radius 1 is 1.13 bits per heavy atom. The summed E-state index contributed by atoms with van der Waals surface area (Å²) in [5, 5.41) is 1.15. The van der Waals surface area contributed by atoms with E-state index in [4.69, 9.17) is 27.9 Å². The quantitative estimate of drug-likeness (QED) is 0.561. The fourth-order valence-electron chi connectivity index (χ4n) is 2.00. The van der Waals surface area contributed by atoms with Crippen LogP contribution >= 0.6 is 34.5 Å². The summed E-state index contributed by atoms with van der Waals surface area (Å²) < 4.78 is 5.75. The van der Waals surface area contributed by atoms with E-state index in [2.05, 4.69) is 4.98 Å². The molecule has 3 rings (SSSR count). The van der Waals surface area contributed by atoms with Gasteiger partial charge in [-0.3, -0.25) is 9.78 Å². The molecule has 116 valence electrons. The average Bonchev–Trinajstić information content (AvgIpc) is 3.03. The lowest BCUT2D eigenvalue weighted by molar-refractivity contribution is 0.112. The number of aromatic nitrogens is 1. The predicted octanol–water partition coefficient (Wildman–Crippen LogP) is 5.51. The first-order chi connectivity index (χ1) is 11.2. The molecule has 1 aromatic carbocycles. The minimum Gasteiger partial charge on any atom is -0.487 e. The van der Waals surface area contributed by atoms with E-state index < -0.39 is 0 Å². The second-order valence-electron chi connectivity index (χ2n) is 4.75. The van der Waals surface area contributed by atoms with Gasteiger partial charge in [0.2, 0.25) is 0 Å². The van der Waals surface area contributed by atoms with Crippen LogP contribution in [0.3, 0.4) is 0 Å². The number of hydrogen-bond donors (Lipinski definition) is 0. The normalized spacial score (nSPS) is 10.5. The zero-order chi connectivity index (χ0) is 16.2. The van der Waals surface area contributed by atoms with Crippen LogP contribution in [0.25, 0.3) is 10.4 Å². The largest absolute Gasteiger partial charge is 0.487 e. The van der Waals surface area contributed by atoms with Crippen LogP contribution < -0.4 is 4.74 Å². The molecule has 0 atom stereocenters. The summed E-state index contributed by atoms with van der Waals surface area (Å²) in [6.45, 7) is 0.325. The third-order valence-corrected chi connectivity index (χ3v) is 4.80. The molecule has 0 aliphatic rings. The summed E-state index contributed by atoms with van der Waals surface area (Å²) in [4.78, 5) is 16.6. The van der Waals surface area contributed by atoms with Crippen molar-refractivity contribution >= 4 is 40.8 Å². The number of carbonyl (C=O) groups excluding carboxylic acids is 1. The highest BCUT2D eigenvalue weighted by molar-refractivity contribution is 7.17. The van der Waals surface area contributed by atoms with E-state index in [0.29, 0.717) is 27.3 Å². The van der Waals surface area contributed by atoms with Gasteiger partial charge in [-0.15, -0.1) is 11.3 Å². The van der Waals surface area contributed by atoms with Gasteiger partial charge in [-0.1, -0.05) is 29.3 Å². The first-order valence-electron chi connectivity index (χ1n) is 6.73. The van der Waals surface area contributed by atoms with Crippen molar-refractivity contribution in [3.8, 4) is 16.2 Å². The third kappa shape index (κ3) is 3.91. The number of nitrogens with zero attached hydrogens (tertiary/aromatic N) is 1. The maximum atomic E-state index is 10.8. The zero-order valence-corrected chi connectivity index (χ0v) is 14.2. The minimum atomic E-state index is 0.325. The highest BCUT2D eigenvalue weighted by Gasteiger charge is 2.06. The van der Waals surface area contributed by atoms with Gasteiger partial charge < -0.3 is 4.74 Å². The Morgan fingerprint density at radius 2 is 2.00 bits per heavy atom. The van der Waals surface area contributed by atoms with E-state index in [1.54, 1.807) is 30.6 Å². The maximum absolute atomic E-state index is 10.8. The van der Waals surface area contributed by atoms with E-state index in [0.717, 1.165) is 22.3 Å². The lowest BCUT2D eigenvalue weighted by Gasteiger charge is -2.08. The number of ether oxygens (including phenoxy) is 1. The average molecular weight is 364 g/mol. The van der Waals surface area contributed by atoms with Gasteiger partial charge in [0, 0.05) is 32.2 Å². The summed E-state index contributed by atoms with van der Waals surface area (Å²) in [6, 6.07) is 10.9. The Balaban J connectivity index is 1.76. The number of pyridine rings is 1. The fraction of sp³-hybridized carbons (Fsp3) is 0.0588. The Morgan fingerprint density at radius 3 is 2.74 bits per heavy atom. The van der Waals surface area contributed by atoms with Crippen molar-refractivity contribution in [1.82, 2.24) is 4.98 Å². The number of thiophene rings is 1. The minimum absolute atomic E-state index is 0.325. The first-order valence-corrected chi connectivity index (χ1v) is 8.30. The molecule has 3 nitrogen and oxygen atoms in total. The van der Waals surface area contributed by atoms with Gasteiger partial charge in [0.15, 0.2) is 6.29 Å². The number of rotatable bonds is 5. The van der Waals surface area contributed by atoms with Crippen molar-refractivity contribution in [2.45, 2.75) is 6.61 Å². The first kappa shape index (κ1) is 16.0. The molecule has 3 aromatic rings. The molecule has 0 unspecified atom stereocenters. The van der Waals surface area contributed by atoms with Crippen molar-refractivity contribution in [2.24, 2.45) is 0 Å². The van der Waals surface area contributed by atoms with Crippen LogP contribution in [0.1, 0.15) is 15.2 Å². The zero-order valence-electron chi connectivity index (χ0n) is 11.8. The van der Waals surface area contributed by atoms with Gasteiger partial charge in [0.1, 0.15) is 12.4 Å². The number of aldehydes is 1. The van der Waals surface area contributed by atoms with Crippen molar-refractivity contribution in [3.05, 3.63) is 69.3 Å². The summed E-state index contributed by atoms with van der Waals surface area (Å²) >= 11 is 13.4. The van der Waals surface area contributed by atoms with Crippen molar-refractivity contribution in [1.29, 1.82) is 0 Å².